The number of rotatable bonds is 4. The number of aromatic nitrogens is 4. The van der Waals surface area contributed by atoms with Gasteiger partial charge in [-0.15, -0.1) is 10.2 Å². The second kappa shape index (κ2) is 8.05. The smallest absolute Gasteiger partial charge is 0.435 e. The maximum absolute atomic E-state index is 14.7. The lowest BCUT2D eigenvalue weighted by atomic mass is 10.0. The van der Waals surface area contributed by atoms with Crippen LogP contribution < -0.4 is 4.74 Å². The van der Waals surface area contributed by atoms with Gasteiger partial charge in [-0.2, -0.15) is 13.2 Å². The van der Waals surface area contributed by atoms with Crippen molar-refractivity contribution in [3.05, 3.63) is 65.9 Å². The summed E-state index contributed by atoms with van der Waals surface area (Å²) in [6.45, 7) is 0.480. The van der Waals surface area contributed by atoms with Crippen LogP contribution >= 0.6 is 0 Å². The molecule has 2 aromatic heterocycles. The van der Waals surface area contributed by atoms with Crippen molar-refractivity contribution < 1.29 is 27.1 Å². The highest BCUT2D eigenvalue weighted by Crippen LogP contribution is 2.41. The average Bonchev–Trinajstić information content (AvgIpc) is 3.39. The van der Waals surface area contributed by atoms with E-state index in [0.717, 1.165) is 12.1 Å². The minimum atomic E-state index is -4.59. The number of hydrogen-bond donors (Lipinski definition) is 0. The first kappa shape index (κ1) is 21.2. The molecule has 0 radical (unpaired) electrons. The van der Waals surface area contributed by atoms with Crippen molar-refractivity contribution in [2.45, 2.75) is 31.2 Å². The van der Waals surface area contributed by atoms with Crippen molar-refractivity contribution in [3.63, 3.8) is 0 Å². The number of alkyl halides is 3. The van der Waals surface area contributed by atoms with E-state index in [4.69, 9.17) is 4.74 Å². The molecule has 3 heterocycles. The average molecular weight is 459 g/mol. The lowest BCUT2D eigenvalue weighted by molar-refractivity contribution is -0.141. The van der Waals surface area contributed by atoms with Gasteiger partial charge in [-0.1, -0.05) is 6.07 Å². The summed E-state index contributed by atoms with van der Waals surface area (Å²) in [5, 5.41) is 6.70. The van der Waals surface area contributed by atoms with Crippen molar-refractivity contribution in [3.8, 4) is 17.3 Å². The molecular weight excluding hydrogens is 442 g/mol. The van der Waals surface area contributed by atoms with Crippen LogP contribution in [0.15, 0.2) is 48.8 Å². The van der Waals surface area contributed by atoms with Gasteiger partial charge in [-0.3, -0.25) is 4.79 Å². The Morgan fingerprint density at radius 3 is 2.48 bits per heavy atom. The predicted molar refractivity (Wildman–Crippen MR) is 106 cm³/mol. The summed E-state index contributed by atoms with van der Waals surface area (Å²) in [6.07, 6.45) is -0.798. The molecular formula is C22H17F4N5O2. The second-order valence-corrected chi connectivity index (χ2v) is 8.01. The van der Waals surface area contributed by atoms with Crippen LogP contribution in [0.3, 0.4) is 0 Å². The largest absolute Gasteiger partial charge is 0.471 e. The monoisotopic (exact) mass is 459 g/mol. The zero-order chi connectivity index (χ0) is 23.2. The van der Waals surface area contributed by atoms with Gasteiger partial charge in [0.1, 0.15) is 11.9 Å². The summed E-state index contributed by atoms with van der Waals surface area (Å²) in [6, 6.07) is 7.42. The van der Waals surface area contributed by atoms with Crippen molar-refractivity contribution in [1.82, 2.24) is 25.1 Å². The Bertz CT molecular complexity index is 1170. The van der Waals surface area contributed by atoms with Crippen LogP contribution in [0, 0.1) is 11.7 Å². The zero-order valence-electron chi connectivity index (χ0n) is 17.0. The molecule has 5 rings (SSSR count). The van der Waals surface area contributed by atoms with Crippen LogP contribution in [0.4, 0.5) is 17.6 Å². The fourth-order valence-electron chi connectivity index (χ4n) is 4.53. The van der Waals surface area contributed by atoms with Gasteiger partial charge in [-0.25, -0.2) is 14.4 Å². The van der Waals surface area contributed by atoms with Crippen LogP contribution in [0.5, 0.6) is 5.88 Å². The normalized spacial score (nSPS) is 21.9. The van der Waals surface area contributed by atoms with Gasteiger partial charge >= 0.3 is 6.18 Å². The van der Waals surface area contributed by atoms with Gasteiger partial charge in [0.2, 0.25) is 5.88 Å². The predicted octanol–water partition coefficient (Wildman–Crippen LogP) is 3.77. The highest BCUT2D eigenvalue weighted by atomic mass is 19.4. The number of carbonyl (C=O) groups excluding carboxylic acids is 1. The van der Waals surface area contributed by atoms with E-state index in [2.05, 4.69) is 20.2 Å². The quantitative estimate of drug-likeness (QED) is 0.553. The summed E-state index contributed by atoms with van der Waals surface area (Å²) in [4.78, 5) is 23.2. The first-order valence-corrected chi connectivity index (χ1v) is 10.3. The Morgan fingerprint density at radius 1 is 1.03 bits per heavy atom. The number of halogens is 4. The molecule has 3 aromatic rings. The van der Waals surface area contributed by atoms with E-state index >= 15 is 0 Å². The number of likely N-dealkylation sites (tertiary alicyclic amines) is 1. The lowest BCUT2D eigenvalue weighted by Gasteiger charge is -2.33. The Morgan fingerprint density at radius 2 is 1.82 bits per heavy atom. The third-order valence-electron chi connectivity index (χ3n) is 5.92. The minimum absolute atomic E-state index is 0.0250. The van der Waals surface area contributed by atoms with Crippen LogP contribution in [-0.2, 0) is 6.18 Å². The number of piperidine rings is 1. The molecule has 1 aliphatic heterocycles. The summed E-state index contributed by atoms with van der Waals surface area (Å²) in [7, 11) is 0. The van der Waals surface area contributed by atoms with Gasteiger partial charge in [0.05, 0.1) is 17.2 Å². The Labute approximate surface area is 185 Å². The minimum Gasteiger partial charge on any atom is -0.471 e. The molecule has 3 atom stereocenters. The first-order valence-electron chi connectivity index (χ1n) is 10.3. The van der Waals surface area contributed by atoms with Crippen molar-refractivity contribution in [1.29, 1.82) is 0 Å². The molecule has 1 amide bonds. The van der Waals surface area contributed by atoms with Crippen molar-refractivity contribution in [2.24, 2.45) is 5.92 Å². The highest BCUT2D eigenvalue weighted by Gasteiger charge is 2.49. The Balaban J connectivity index is 1.38. The third kappa shape index (κ3) is 3.98. The maximum Gasteiger partial charge on any atom is 0.435 e. The van der Waals surface area contributed by atoms with E-state index in [1.807, 2.05) is 0 Å². The van der Waals surface area contributed by atoms with Crippen LogP contribution in [0.25, 0.3) is 11.4 Å². The number of benzene rings is 1. The standard InChI is InChI=1S/C22H17F4N5O2/c23-14-4-1-3-13(19(14)20-27-7-2-8-28-20)21(32)31-11-12-9-15(31)16(10-12)33-18-6-5-17(29-30-18)22(24,25)26/h1-8,12,15-16H,9-11H2/t12-,15+,16-/m1/s1. The number of hydrogen-bond acceptors (Lipinski definition) is 6. The molecule has 2 bridgehead atoms. The van der Waals surface area contributed by atoms with Gasteiger partial charge in [0.15, 0.2) is 11.5 Å². The molecule has 1 aromatic carbocycles. The van der Waals surface area contributed by atoms with E-state index in [1.54, 1.807) is 11.0 Å². The van der Waals surface area contributed by atoms with Crippen molar-refractivity contribution >= 4 is 5.91 Å². The van der Waals surface area contributed by atoms with E-state index in [9.17, 15) is 22.4 Å². The highest BCUT2D eigenvalue weighted by molar-refractivity contribution is 6.00. The fourth-order valence-corrected chi connectivity index (χ4v) is 4.53. The molecule has 0 spiro atoms. The van der Waals surface area contributed by atoms with E-state index in [-0.39, 0.29) is 40.7 Å². The molecule has 170 valence electrons. The molecule has 2 aliphatic rings. The molecule has 1 aliphatic carbocycles. The van der Waals surface area contributed by atoms with E-state index in [0.29, 0.717) is 19.4 Å². The van der Waals surface area contributed by atoms with Gasteiger partial charge in [0, 0.05) is 25.0 Å². The number of ether oxygens (including phenoxy) is 1. The maximum atomic E-state index is 14.7. The number of nitrogens with zero attached hydrogens (tertiary/aromatic N) is 5. The van der Waals surface area contributed by atoms with Crippen LogP contribution in [-0.4, -0.2) is 49.7 Å². The van der Waals surface area contributed by atoms with Crippen LogP contribution in [0.2, 0.25) is 0 Å². The second-order valence-electron chi connectivity index (χ2n) is 8.01. The fraction of sp³-hybridized carbons (Fsp3) is 0.318. The number of amides is 1. The lowest BCUT2D eigenvalue weighted by Crippen LogP contribution is -2.47. The van der Waals surface area contributed by atoms with Gasteiger partial charge < -0.3 is 9.64 Å². The van der Waals surface area contributed by atoms with Gasteiger partial charge in [0.25, 0.3) is 5.91 Å². The van der Waals surface area contributed by atoms with E-state index in [1.165, 1.54) is 30.6 Å². The summed E-state index contributed by atoms with van der Waals surface area (Å²) in [5.41, 5.74) is -0.944. The SMILES string of the molecule is O=C(c1cccc(F)c1-c1ncccn1)N1C[C@H]2C[C@@H](Oc3ccc(C(F)(F)F)nn3)[C@@H]1C2. The number of fused-ring (bicyclic) bond motifs is 2. The molecule has 11 heteroatoms. The summed E-state index contributed by atoms with van der Waals surface area (Å²) in [5.74, 6) is -0.759. The molecule has 1 saturated heterocycles. The van der Waals surface area contributed by atoms with Gasteiger partial charge in [-0.05, 0) is 43.0 Å². The molecule has 33 heavy (non-hydrogen) atoms. The molecule has 2 fully saturated rings. The van der Waals surface area contributed by atoms with E-state index < -0.39 is 23.8 Å². The van der Waals surface area contributed by atoms with Crippen molar-refractivity contribution in [2.75, 3.05) is 6.54 Å². The summed E-state index contributed by atoms with van der Waals surface area (Å²) >= 11 is 0. The molecule has 1 saturated carbocycles. The molecule has 0 unspecified atom stereocenters. The summed E-state index contributed by atoms with van der Waals surface area (Å²) < 4.78 is 58.6. The molecule has 7 nitrogen and oxygen atoms in total. The van der Waals surface area contributed by atoms with Crippen LogP contribution in [0.1, 0.15) is 28.9 Å². The molecule has 0 N–H and O–H groups in total. The topological polar surface area (TPSA) is 81.1 Å². The zero-order valence-corrected chi connectivity index (χ0v) is 17.0. The Kier molecular flexibility index (Phi) is 5.18. The number of carbonyl (C=O) groups is 1. The first-order chi connectivity index (χ1) is 15.8. The Hall–Kier alpha value is -3.63. The third-order valence-corrected chi connectivity index (χ3v) is 5.92.